The first-order valence-electron chi connectivity index (χ1n) is 38.2. The first-order valence-corrected chi connectivity index (χ1v) is 39.8. The summed E-state index contributed by atoms with van der Waals surface area (Å²) in [4.78, 5) is 32.3. The molecular weight excluding hydrogens is 1400 g/mol. The number of para-hydroxylation sites is 2. The number of furan rings is 1. The zero-order chi connectivity index (χ0) is 74.8. The summed E-state index contributed by atoms with van der Waals surface area (Å²) in [6.45, 7) is 9.55. The van der Waals surface area contributed by atoms with Gasteiger partial charge in [0.25, 0.3) is 0 Å². The standard InChI is InChI=1S/C103H70N6OS2/c1-102(2,71-56-54-65(55-57-71)73-29-9-11-35-83(73)98-104-96(105-100(108-98)84-40-22-38-80-77-32-14-18-44-90(77)111-94(80)84)68-52-50-66(51-53-68)74-36-21-37-79-76-31-13-17-43-89(76)110-93(74)79)61-62-58-86(92-87(59-62)75-30-12-16-42-88(75)103(92,3)4)67-48-46-63(47-49-67)69-26-20-27-70(60-69)97-106-99(82-34-10-8-28-72(82)64-24-6-5-7-25-64)109-101(107-97)85-41-23-39-81-78-33-15-19-45-91(78)112-95(81)85/h5-60H,61H2,1-4H3. The Bertz CT molecular complexity index is 7150. The summed E-state index contributed by atoms with van der Waals surface area (Å²) in [7, 11) is 0. The van der Waals surface area contributed by atoms with Crippen molar-refractivity contribution in [2.45, 2.75) is 44.9 Å². The van der Waals surface area contributed by atoms with Crippen LogP contribution in [-0.2, 0) is 17.3 Å². The molecule has 15 aromatic carbocycles. The highest BCUT2D eigenvalue weighted by molar-refractivity contribution is 7.26. The van der Waals surface area contributed by atoms with Crippen molar-refractivity contribution in [3.05, 3.63) is 362 Å². The van der Waals surface area contributed by atoms with E-state index in [1.54, 1.807) is 22.7 Å². The smallest absolute Gasteiger partial charge is 0.165 e. The maximum atomic E-state index is 6.50. The minimum Gasteiger partial charge on any atom is -0.455 e. The number of nitrogens with zero attached hydrogens (tertiary/aromatic N) is 6. The second kappa shape index (κ2) is 26.7. The summed E-state index contributed by atoms with van der Waals surface area (Å²) in [6, 6.07) is 122. The molecular formula is C103H70N6OS2. The third-order valence-corrected chi connectivity index (χ3v) is 25.3. The van der Waals surface area contributed by atoms with Gasteiger partial charge in [-0.2, -0.15) is 0 Å². The van der Waals surface area contributed by atoms with Crippen molar-refractivity contribution in [2.75, 3.05) is 0 Å². The molecule has 0 amide bonds. The van der Waals surface area contributed by atoms with E-state index in [2.05, 4.69) is 355 Å². The molecule has 21 rings (SSSR count). The maximum Gasteiger partial charge on any atom is 0.165 e. The summed E-state index contributed by atoms with van der Waals surface area (Å²) in [5.41, 5.74) is 25.7. The molecule has 0 saturated carbocycles. The van der Waals surface area contributed by atoms with Crippen LogP contribution in [-0.4, -0.2) is 29.9 Å². The van der Waals surface area contributed by atoms with Gasteiger partial charge in [0.05, 0.1) is 0 Å². The predicted molar refractivity (Wildman–Crippen MR) is 467 cm³/mol. The lowest BCUT2D eigenvalue weighted by Crippen LogP contribution is -2.21. The van der Waals surface area contributed by atoms with E-state index >= 15 is 0 Å². The molecule has 0 atom stereocenters. The van der Waals surface area contributed by atoms with Crippen molar-refractivity contribution < 1.29 is 4.42 Å². The number of aromatic nitrogens is 6. The van der Waals surface area contributed by atoms with Crippen LogP contribution in [0.1, 0.15) is 49.9 Å². The zero-order valence-corrected chi connectivity index (χ0v) is 63.6. The van der Waals surface area contributed by atoms with Crippen LogP contribution in [0.2, 0.25) is 0 Å². The van der Waals surface area contributed by atoms with Crippen LogP contribution < -0.4 is 0 Å². The van der Waals surface area contributed by atoms with Crippen molar-refractivity contribution in [1.29, 1.82) is 0 Å². The van der Waals surface area contributed by atoms with Gasteiger partial charge < -0.3 is 4.42 Å². The minimum absolute atomic E-state index is 0.239. The van der Waals surface area contributed by atoms with Gasteiger partial charge in [0.1, 0.15) is 11.2 Å². The Hall–Kier alpha value is -13.4. The first-order chi connectivity index (χ1) is 55.0. The second-order valence-electron chi connectivity index (χ2n) is 30.5. The van der Waals surface area contributed by atoms with Crippen LogP contribution in [0.25, 0.3) is 197 Å². The highest BCUT2D eigenvalue weighted by Crippen LogP contribution is 2.54. The Labute approximate surface area is 656 Å². The molecule has 0 spiro atoms. The van der Waals surface area contributed by atoms with Gasteiger partial charge in [-0.25, -0.2) is 29.9 Å². The van der Waals surface area contributed by atoms with Crippen molar-refractivity contribution >= 4 is 85.0 Å². The lowest BCUT2D eigenvalue weighted by Gasteiger charge is -2.28. The van der Waals surface area contributed by atoms with E-state index < -0.39 is 0 Å². The number of hydrogen-bond acceptors (Lipinski definition) is 9. The van der Waals surface area contributed by atoms with Crippen LogP contribution in [0.5, 0.6) is 0 Å². The third kappa shape index (κ3) is 11.4. The first kappa shape index (κ1) is 66.7. The highest BCUT2D eigenvalue weighted by Gasteiger charge is 2.39. The van der Waals surface area contributed by atoms with Gasteiger partial charge in [0.15, 0.2) is 34.9 Å². The summed E-state index contributed by atoms with van der Waals surface area (Å²) in [5.74, 6) is 3.71. The largest absolute Gasteiger partial charge is 0.455 e. The average Bonchev–Trinajstić information content (AvgIpc) is 1.56. The molecule has 0 aliphatic heterocycles. The number of rotatable bonds is 14. The Morgan fingerprint density at radius 3 is 1.31 bits per heavy atom. The fraction of sp³-hybridized carbons (Fsp3) is 0.0680. The summed E-state index contributed by atoms with van der Waals surface area (Å²) in [5, 5.41) is 7.04. The van der Waals surface area contributed by atoms with Crippen LogP contribution >= 0.6 is 22.7 Å². The van der Waals surface area contributed by atoms with Crippen molar-refractivity contribution in [3.8, 4) is 135 Å². The van der Waals surface area contributed by atoms with Gasteiger partial charge in [0.2, 0.25) is 0 Å². The molecule has 20 aromatic rings. The summed E-state index contributed by atoms with van der Waals surface area (Å²) >= 11 is 3.56. The molecule has 7 nitrogen and oxygen atoms in total. The fourth-order valence-electron chi connectivity index (χ4n) is 17.3. The molecule has 0 bridgehead atoms. The molecule has 0 radical (unpaired) electrons. The molecule has 0 saturated heterocycles. The molecule has 0 unspecified atom stereocenters. The van der Waals surface area contributed by atoms with Gasteiger partial charge in [-0.1, -0.05) is 331 Å². The van der Waals surface area contributed by atoms with E-state index in [4.69, 9.17) is 34.3 Å². The molecule has 5 heterocycles. The van der Waals surface area contributed by atoms with Crippen molar-refractivity contribution in [2.24, 2.45) is 0 Å². The third-order valence-electron chi connectivity index (χ3n) is 22.8. The molecule has 5 aromatic heterocycles. The molecule has 1 aliphatic carbocycles. The quantitative estimate of drug-likeness (QED) is 0.107. The number of fused-ring (bicyclic) bond motifs is 12. The number of thiophene rings is 2. The van der Waals surface area contributed by atoms with Crippen LogP contribution in [0.4, 0.5) is 0 Å². The average molecular weight is 1470 g/mol. The Balaban J connectivity index is 0.609. The molecule has 0 fully saturated rings. The Kier molecular flexibility index (Phi) is 15.9. The van der Waals surface area contributed by atoms with Gasteiger partial charge in [-0.3, -0.25) is 0 Å². The molecule has 0 N–H and O–H groups in total. The second-order valence-corrected chi connectivity index (χ2v) is 32.6. The Morgan fingerprint density at radius 1 is 0.286 bits per heavy atom. The molecule has 112 heavy (non-hydrogen) atoms. The van der Waals surface area contributed by atoms with Crippen LogP contribution in [0.15, 0.2) is 344 Å². The van der Waals surface area contributed by atoms with Crippen LogP contribution in [0.3, 0.4) is 0 Å². The fourth-order valence-corrected chi connectivity index (χ4v) is 19.7. The molecule has 9 heteroatoms. The summed E-state index contributed by atoms with van der Waals surface area (Å²) < 4.78 is 11.3. The van der Waals surface area contributed by atoms with E-state index in [-0.39, 0.29) is 10.8 Å². The van der Waals surface area contributed by atoms with E-state index in [1.165, 1.54) is 75.5 Å². The molecule has 1 aliphatic rings. The SMILES string of the molecule is CC(C)(Cc1cc(-c2ccc(-c3cccc(-c4nc(-c5ccccc5-c5ccccc5)nc(-c5cccc6c5sc5ccccc56)n4)c3)cc2)c2c(c1)-c1ccccc1C2(C)C)c1ccc(-c2ccccc2-c2nc(-c3ccc(-c4cccc5c4oc4ccccc45)cc3)nc(-c3cccc4c3sc3ccccc34)n2)cc1. The van der Waals surface area contributed by atoms with E-state index in [0.29, 0.717) is 34.9 Å². The monoisotopic (exact) mass is 1470 g/mol. The topological polar surface area (TPSA) is 90.5 Å². The van der Waals surface area contributed by atoms with E-state index in [0.717, 1.165) is 116 Å². The number of hydrogen-bond donors (Lipinski definition) is 0. The van der Waals surface area contributed by atoms with E-state index in [1.807, 2.05) is 12.1 Å². The van der Waals surface area contributed by atoms with Crippen LogP contribution in [0, 0.1) is 0 Å². The molecule has 530 valence electrons. The van der Waals surface area contributed by atoms with Crippen molar-refractivity contribution in [3.63, 3.8) is 0 Å². The maximum absolute atomic E-state index is 6.50. The lowest BCUT2D eigenvalue weighted by atomic mass is 9.75. The zero-order valence-electron chi connectivity index (χ0n) is 61.9. The van der Waals surface area contributed by atoms with Gasteiger partial charge in [0, 0.05) is 95.5 Å². The predicted octanol–water partition coefficient (Wildman–Crippen LogP) is 27.9. The minimum atomic E-state index is -0.261. The lowest BCUT2D eigenvalue weighted by molar-refractivity contribution is 0.522. The van der Waals surface area contributed by atoms with E-state index in [9.17, 15) is 0 Å². The van der Waals surface area contributed by atoms with Gasteiger partial charge in [-0.05, 0) is 132 Å². The van der Waals surface area contributed by atoms with Gasteiger partial charge >= 0.3 is 0 Å². The summed E-state index contributed by atoms with van der Waals surface area (Å²) in [6.07, 6.45) is 0.813. The normalized spacial score (nSPS) is 12.6. The number of benzene rings is 15. The highest BCUT2D eigenvalue weighted by atomic mass is 32.1. The Morgan fingerprint density at radius 2 is 0.688 bits per heavy atom. The van der Waals surface area contributed by atoms with Gasteiger partial charge in [-0.15, -0.1) is 22.7 Å². The van der Waals surface area contributed by atoms with Crippen molar-refractivity contribution in [1.82, 2.24) is 29.9 Å².